The summed E-state index contributed by atoms with van der Waals surface area (Å²) in [5.41, 5.74) is 0. The second-order valence-electron chi connectivity index (χ2n) is 5.16. The Morgan fingerprint density at radius 2 is 1.29 bits per heavy atom. The fourth-order valence-corrected chi connectivity index (χ4v) is 4.42. The van der Waals surface area contributed by atoms with Gasteiger partial charge in [-0.3, -0.25) is 0 Å². The number of hydrogen-bond donors (Lipinski definition) is 0. The average Bonchev–Trinajstić information content (AvgIpc) is 3.31. The van der Waals surface area contributed by atoms with E-state index in [0.29, 0.717) is 18.3 Å². The van der Waals surface area contributed by atoms with Crippen LogP contribution in [0.25, 0.3) is 0 Å². The minimum absolute atomic E-state index is 0.375. The van der Waals surface area contributed by atoms with Gasteiger partial charge in [0.15, 0.2) is 0 Å². The Balaban J connectivity index is 0.000000157. The molecule has 4 nitrogen and oxygen atoms in total. The number of thioether (sulfide) groups is 2. The lowest BCUT2D eigenvalue weighted by Crippen LogP contribution is -2.07. The van der Waals surface area contributed by atoms with Gasteiger partial charge >= 0.3 is 0 Å². The molecule has 0 radical (unpaired) electrons. The molecule has 0 amide bonds. The van der Waals surface area contributed by atoms with Gasteiger partial charge in [0.05, 0.1) is 24.9 Å². The van der Waals surface area contributed by atoms with Crippen molar-refractivity contribution < 1.29 is 18.9 Å². The molecule has 3 rings (SSSR count). The lowest BCUT2D eigenvalue weighted by molar-refractivity contribution is 0.0822. The van der Waals surface area contributed by atoms with E-state index in [-0.39, 0.29) is 0 Å². The van der Waals surface area contributed by atoms with Crippen molar-refractivity contribution in [2.75, 3.05) is 57.6 Å². The van der Waals surface area contributed by atoms with Crippen LogP contribution in [0.15, 0.2) is 0 Å². The van der Waals surface area contributed by atoms with E-state index in [1.165, 1.54) is 35.9 Å². The Kier molecular flexibility index (Phi) is 12.1. The van der Waals surface area contributed by atoms with E-state index < -0.39 is 0 Å². The minimum Gasteiger partial charge on any atom is -0.381 e. The van der Waals surface area contributed by atoms with Crippen molar-refractivity contribution >= 4 is 23.5 Å². The molecule has 0 bridgehead atoms. The molecule has 0 spiro atoms. The van der Waals surface area contributed by atoms with Crippen molar-refractivity contribution in [3.63, 3.8) is 0 Å². The number of rotatable bonds is 3. The third-order valence-electron chi connectivity index (χ3n) is 3.66. The van der Waals surface area contributed by atoms with Crippen LogP contribution in [0.2, 0.25) is 0 Å². The smallest absolute Gasteiger partial charge is 0.0826 e. The van der Waals surface area contributed by atoms with Crippen molar-refractivity contribution in [2.45, 2.75) is 37.6 Å². The number of ether oxygens (including phenoxy) is 4. The molecule has 6 heteroatoms. The summed E-state index contributed by atoms with van der Waals surface area (Å²) in [4.78, 5) is 0. The van der Waals surface area contributed by atoms with Crippen LogP contribution >= 0.6 is 23.5 Å². The van der Waals surface area contributed by atoms with Crippen LogP contribution in [0.3, 0.4) is 0 Å². The highest BCUT2D eigenvalue weighted by Crippen LogP contribution is 2.19. The SMILES string of the molecule is CO[C@@H]1CCSC1.CO[C@H]1CCOC1.CO[C@H]1CCSC1. The highest BCUT2D eigenvalue weighted by Gasteiger charge is 2.14. The third-order valence-corrected chi connectivity index (χ3v) is 5.93. The Morgan fingerprint density at radius 3 is 1.48 bits per heavy atom. The maximum absolute atomic E-state index is 5.09. The van der Waals surface area contributed by atoms with E-state index in [1.807, 2.05) is 23.5 Å². The highest BCUT2D eigenvalue weighted by molar-refractivity contribution is 7.99. The van der Waals surface area contributed by atoms with Crippen LogP contribution in [0, 0.1) is 0 Å². The van der Waals surface area contributed by atoms with Gasteiger partial charge in [-0.1, -0.05) is 0 Å². The second kappa shape index (κ2) is 13.0. The van der Waals surface area contributed by atoms with Gasteiger partial charge in [-0.25, -0.2) is 0 Å². The first-order chi connectivity index (χ1) is 10.3. The molecule has 0 aliphatic carbocycles. The first kappa shape index (κ1) is 19.6. The predicted molar refractivity (Wildman–Crippen MR) is 91.7 cm³/mol. The van der Waals surface area contributed by atoms with Gasteiger partial charge in [0.1, 0.15) is 0 Å². The summed E-state index contributed by atoms with van der Waals surface area (Å²) in [5, 5.41) is 0. The molecule has 3 saturated heterocycles. The Morgan fingerprint density at radius 1 is 0.762 bits per heavy atom. The zero-order valence-corrected chi connectivity index (χ0v) is 15.2. The molecule has 0 saturated carbocycles. The Labute approximate surface area is 138 Å². The monoisotopic (exact) mass is 338 g/mol. The van der Waals surface area contributed by atoms with E-state index in [1.54, 1.807) is 21.3 Å². The zero-order chi connectivity index (χ0) is 15.3. The summed E-state index contributed by atoms with van der Waals surface area (Å²) in [6.07, 6.45) is 5.06. The fourth-order valence-electron chi connectivity index (χ4n) is 2.10. The van der Waals surface area contributed by atoms with Crippen LogP contribution in [0.4, 0.5) is 0 Å². The van der Waals surface area contributed by atoms with Crippen molar-refractivity contribution in [1.82, 2.24) is 0 Å². The van der Waals surface area contributed by atoms with E-state index in [0.717, 1.165) is 19.6 Å². The quantitative estimate of drug-likeness (QED) is 0.787. The molecule has 0 aromatic rings. The van der Waals surface area contributed by atoms with Crippen molar-refractivity contribution in [1.29, 1.82) is 0 Å². The summed E-state index contributed by atoms with van der Waals surface area (Å²) >= 11 is 3.96. The van der Waals surface area contributed by atoms with Crippen molar-refractivity contribution in [3.05, 3.63) is 0 Å². The number of methoxy groups -OCH3 is 3. The molecule has 0 N–H and O–H groups in total. The van der Waals surface area contributed by atoms with Crippen LogP contribution < -0.4 is 0 Å². The van der Waals surface area contributed by atoms with Gasteiger partial charge in [0, 0.05) is 39.4 Å². The highest BCUT2D eigenvalue weighted by atomic mass is 32.2. The molecule has 0 unspecified atom stereocenters. The van der Waals surface area contributed by atoms with Gasteiger partial charge in [-0.05, 0) is 30.8 Å². The van der Waals surface area contributed by atoms with E-state index in [4.69, 9.17) is 18.9 Å². The molecule has 21 heavy (non-hydrogen) atoms. The normalized spacial score (nSPS) is 31.3. The molecule has 0 aromatic carbocycles. The Hall–Kier alpha value is 0.540. The molecule has 126 valence electrons. The lowest BCUT2D eigenvalue weighted by atomic mass is 10.3. The van der Waals surface area contributed by atoms with E-state index in [9.17, 15) is 0 Å². The predicted octanol–water partition coefficient (Wildman–Crippen LogP) is 2.70. The van der Waals surface area contributed by atoms with E-state index >= 15 is 0 Å². The minimum atomic E-state index is 0.375. The second-order valence-corrected chi connectivity index (χ2v) is 7.46. The van der Waals surface area contributed by atoms with Crippen LogP contribution in [-0.4, -0.2) is 75.9 Å². The standard InChI is InChI=1S/C5H10O2.2C5H10OS/c3*1-6-5-2-3-7-4-5/h3*5H,2-4H2,1H3/t3*5-/m010/s1. The van der Waals surface area contributed by atoms with Crippen LogP contribution in [0.1, 0.15) is 19.3 Å². The molecule has 3 heterocycles. The molecule has 3 fully saturated rings. The lowest BCUT2D eigenvalue weighted by Gasteiger charge is -2.01. The Bertz CT molecular complexity index is 188. The maximum Gasteiger partial charge on any atom is 0.0826 e. The summed E-state index contributed by atoms with van der Waals surface area (Å²) in [6, 6.07) is 0. The average molecular weight is 339 g/mol. The van der Waals surface area contributed by atoms with Crippen molar-refractivity contribution in [2.24, 2.45) is 0 Å². The maximum atomic E-state index is 5.09. The largest absolute Gasteiger partial charge is 0.381 e. The molecular formula is C15H30O4S2. The first-order valence-electron chi connectivity index (χ1n) is 7.61. The first-order valence-corrected chi connectivity index (χ1v) is 9.92. The topological polar surface area (TPSA) is 36.9 Å². The van der Waals surface area contributed by atoms with Gasteiger partial charge in [-0.15, -0.1) is 0 Å². The van der Waals surface area contributed by atoms with Crippen LogP contribution in [-0.2, 0) is 18.9 Å². The molecule has 3 aliphatic rings. The number of hydrogen-bond acceptors (Lipinski definition) is 6. The fraction of sp³-hybridized carbons (Fsp3) is 1.00. The molecule has 3 atom stereocenters. The van der Waals surface area contributed by atoms with Gasteiger partial charge < -0.3 is 18.9 Å². The van der Waals surface area contributed by atoms with Gasteiger partial charge in [0.2, 0.25) is 0 Å². The summed E-state index contributed by atoms with van der Waals surface area (Å²) in [6.45, 7) is 1.66. The van der Waals surface area contributed by atoms with Crippen molar-refractivity contribution in [3.8, 4) is 0 Å². The summed E-state index contributed by atoms with van der Waals surface area (Å²) in [5.74, 6) is 4.99. The van der Waals surface area contributed by atoms with Crippen LogP contribution in [0.5, 0.6) is 0 Å². The molecular weight excluding hydrogens is 308 g/mol. The summed E-state index contributed by atoms with van der Waals surface area (Å²) in [7, 11) is 5.30. The van der Waals surface area contributed by atoms with Gasteiger partial charge in [0.25, 0.3) is 0 Å². The molecule has 3 aliphatic heterocycles. The molecule has 0 aromatic heterocycles. The third kappa shape index (κ3) is 9.31. The zero-order valence-electron chi connectivity index (χ0n) is 13.5. The summed E-state index contributed by atoms with van der Waals surface area (Å²) < 4.78 is 20.2. The van der Waals surface area contributed by atoms with E-state index in [2.05, 4.69) is 0 Å². The van der Waals surface area contributed by atoms with Gasteiger partial charge in [-0.2, -0.15) is 23.5 Å².